The molecular weight excluding hydrogens is 246 g/mol. The minimum absolute atomic E-state index is 0.984. The van der Waals surface area contributed by atoms with Gasteiger partial charge in [0.05, 0.1) is 20.2 Å². The number of carbonyl (C=O) groups excluding carboxylic acids is 1. The zero-order valence-corrected chi connectivity index (χ0v) is 9.68. The molecule has 6 nitrogen and oxygen atoms in total. The van der Waals surface area contributed by atoms with Gasteiger partial charge in [-0.2, -0.15) is 0 Å². The second-order valence-electron chi connectivity index (χ2n) is 3.09. The van der Waals surface area contributed by atoms with E-state index in [-0.39, 0.29) is 0 Å². The monoisotopic (exact) mass is 260 g/mol. The molecule has 0 aliphatic carbocycles. The maximum atomic E-state index is 12.7. The van der Waals surface area contributed by atoms with Crippen LogP contribution in [0.2, 0.25) is 0 Å². The lowest BCUT2D eigenvalue weighted by molar-refractivity contribution is -0.139. The third-order valence-corrected chi connectivity index (χ3v) is 3.50. The maximum absolute atomic E-state index is 12.7. The second kappa shape index (κ2) is 5.51. The zero-order valence-electron chi connectivity index (χ0n) is 8.87. The van der Waals surface area contributed by atoms with Crippen LogP contribution < -0.4 is 10.5 Å². The Bertz CT molecular complexity index is 344. The highest BCUT2D eigenvalue weighted by Crippen LogP contribution is 2.10. The van der Waals surface area contributed by atoms with Gasteiger partial charge in [-0.05, 0) is 6.92 Å². The number of nitrogens with two attached hydrogens (primary N) is 1. The van der Waals surface area contributed by atoms with E-state index < -0.39 is 40.3 Å². The summed E-state index contributed by atoms with van der Waals surface area (Å²) in [7, 11) is -3.17. The first-order valence-electron chi connectivity index (χ1n) is 4.30. The molecule has 0 bridgehead atoms. The van der Waals surface area contributed by atoms with Gasteiger partial charge < -0.3 is 10.5 Å². The number of nitrogens with one attached hydrogen (secondary N) is 1. The van der Waals surface area contributed by atoms with Crippen LogP contribution in [0.5, 0.6) is 0 Å². The number of hydrogen-bond acceptors (Lipinski definition) is 5. The molecule has 0 saturated heterocycles. The number of carbonyl (C=O) groups is 1. The number of halogens is 2. The number of ether oxygens (including phenoxy) is 1. The van der Waals surface area contributed by atoms with Gasteiger partial charge in [0.15, 0.2) is 5.25 Å². The molecule has 0 aliphatic heterocycles. The molecule has 0 fully saturated rings. The summed E-state index contributed by atoms with van der Waals surface area (Å²) in [6.07, 6.45) is 0. The van der Waals surface area contributed by atoms with Crippen LogP contribution in [-0.2, 0) is 19.6 Å². The molecule has 0 saturated carbocycles. The fraction of sp³-hybridized carbons (Fsp3) is 0.857. The number of hydrogen-bond donors (Lipinski definition) is 2. The number of sulfonamides is 1. The first-order chi connectivity index (χ1) is 7.16. The molecule has 0 rings (SSSR count). The topological polar surface area (TPSA) is 98.5 Å². The standard InChI is InChI=1S/C7H14F2N2O4S/c1-5(6(12)15-2)16(13,14)11-4-7(8,9)3-10/h5,11H,3-4,10H2,1-2H3. The third-order valence-electron chi connectivity index (χ3n) is 1.83. The van der Waals surface area contributed by atoms with Crippen LogP contribution in [0, 0.1) is 0 Å². The summed E-state index contributed by atoms with van der Waals surface area (Å²) in [5, 5.41) is -1.55. The van der Waals surface area contributed by atoms with Gasteiger partial charge in [0, 0.05) is 0 Å². The van der Waals surface area contributed by atoms with Crippen molar-refractivity contribution in [2.24, 2.45) is 5.73 Å². The lowest BCUT2D eigenvalue weighted by Gasteiger charge is -2.16. The van der Waals surface area contributed by atoms with E-state index in [4.69, 9.17) is 5.73 Å². The Hall–Kier alpha value is -0.800. The molecule has 96 valence electrons. The summed E-state index contributed by atoms with van der Waals surface area (Å²) in [6, 6.07) is 0. The van der Waals surface area contributed by atoms with Crippen molar-refractivity contribution in [3.63, 3.8) is 0 Å². The molecule has 0 amide bonds. The maximum Gasteiger partial charge on any atom is 0.325 e. The van der Waals surface area contributed by atoms with Gasteiger partial charge in [0.1, 0.15) is 0 Å². The van der Waals surface area contributed by atoms with Crippen LogP contribution >= 0.6 is 0 Å². The predicted octanol–water partition coefficient (Wildman–Crippen LogP) is -0.939. The van der Waals surface area contributed by atoms with Crippen LogP contribution in [0.1, 0.15) is 6.92 Å². The third kappa shape index (κ3) is 4.37. The molecule has 1 atom stereocenters. The molecule has 0 heterocycles. The molecule has 0 aromatic heterocycles. The van der Waals surface area contributed by atoms with Crippen LogP contribution in [0.15, 0.2) is 0 Å². The molecule has 0 aromatic rings. The summed E-state index contributed by atoms with van der Waals surface area (Å²) in [6.45, 7) is -1.09. The van der Waals surface area contributed by atoms with Gasteiger partial charge in [0.2, 0.25) is 10.0 Å². The van der Waals surface area contributed by atoms with Gasteiger partial charge in [-0.1, -0.05) is 0 Å². The van der Waals surface area contributed by atoms with E-state index in [1.807, 2.05) is 0 Å². The van der Waals surface area contributed by atoms with Gasteiger partial charge in [-0.25, -0.2) is 21.9 Å². The normalized spacial score (nSPS) is 14.6. The van der Waals surface area contributed by atoms with Gasteiger partial charge in [-0.3, -0.25) is 4.79 Å². The summed E-state index contributed by atoms with van der Waals surface area (Å²) in [4.78, 5) is 10.9. The Balaban J connectivity index is 4.54. The predicted molar refractivity (Wildman–Crippen MR) is 52.4 cm³/mol. The Morgan fingerprint density at radius 1 is 1.56 bits per heavy atom. The van der Waals surface area contributed by atoms with Crippen molar-refractivity contribution in [1.29, 1.82) is 0 Å². The Kier molecular flexibility index (Phi) is 5.23. The molecule has 3 N–H and O–H groups in total. The van der Waals surface area contributed by atoms with E-state index in [1.165, 1.54) is 0 Å². The smallest absolute Gasteiger partial charge is 0.325 e. The minimum Gasteiger partial charge on any atom is -0.468 e. The largest absolute Gasteiger partial charge is 0.468 e. The van der Waals surface area contributed by atoms with Crippen LogP contribution in [0.4, 0.5) is 8.78 Å². The highest BCUT2D eigenvalue weighted by atomic mass is 32.2. The van der Waals surface area contributed by atoms with Crippen LogP contribution in [0.3, 0.4) is 0 Å². The first kappa shape index (κ1) is 15.2. The molecule has 1 unspecified atom stereocenters. The van der Waals surface area contributed by atoms with E-state index in [0.29, 0.717) is 0 Å². The molecule has 0 spiro atoms. The van der Waals surface area contributed by atoms with Crippen molar-refractivity contribution in [1.82, 2.24) is 4.72 Å². The molecule has 0 aliphatic rings. The lowest BCUT2D eigenvalue weighted by atomic mass is 10.3. The van der Waals surface area contributed by atoms with Crippen molar-refractivity contribution in [3.8, 4) is 0 Å². The highest BCUT2D eigenvalue weighted by molar-refractivity contribution is 7.90. The van der Waals surface area contributed by atoms with Crippen molar-refractivity contribution in [2.75, 3.05) is 20.2 Å². The number of methoxy groups -OCH3 is 1. The van der Waals surface area contributed by atoms with Crippen molar-refractivity contribution >= 4 is 16.0 Å². The highest BCUT2D eigenvalue weighted by Gasteiger charge is 2.33. The fourth-order valence-corrected chi connectivity index (χ4v) is 1.71. The zero-order chi connectivity index (χ0) is 13.0. The number of alkyl halides is 2. The molecular formula is C7H14F2N2O4S. The van der Waals surface area contributed by atoms with E-state index in [2.05, 4.69) is 4.74 Å². The van der Waals surface area contributed by atoms with E-state index in [0.717, 1.165) is 14.0 Å². The van der Waals surface area contributed by atoms with E-state index in [9.17, 15) is 22.0 Å². The van der Waals surface area contributed by atoms with Gasteiger partial charge >= 0.3 is 5.97 Å². The molecule has 0 aromatic carbocycles. The fourth-order valence-electron chi connectivity index (χ4n) is 0.696. The van der Waals surface area contributed by atoms with Gasteiger partial charge in [0.25, 0.3) is 5.92 Å². The van der Waals surface area contributed by atoms with Crippen molar-refractivity contribution < 1.29 is 26.7 Å². The Labute approximate surface area is 92.2 Å². The molecule has 16 heavy (non-hydrogen) atoms. The van der Waals surface area contributed by atoms with Gasteiger partial charge in [-0.15, -0.1) is 0 Å². The van der Waals surface area contributed by atoms with Crippen molar-refractivity contribution in [3.05, 3.63) is 0 Å². The SMILES string of the molecule is COC(=O)C(C)S(=O)(=O)NCC(F)(F)CN. The summed E-state index contributed by atoms with van der Waals surface area (Å²) in [5.41, 5.74) is 4.72. The first-order valence-corrected chi connectivity index (χ1v) is 5.85. The average Bonchev–Trinajstić information content (AvgIpc) is 2.24. The van der Waals surface area contributed by atoms with Crippen LogP contribution in [-0.4, -0.2) is 45.8 Å². The van der Waals surface area contributed by atoms with E-state index in [1.54, 1.807) is 4.72 Å². The van der Waals surface area contributed by atoms with E-state index >= 15 is 0 Å². The summed E-state index contributed by atoms with van der Waals surface area (Å²) >= 11 is 0. The minimum atomic E-state index is -4.17. The lowest BCUT2D eigenvalue weighted by Crippen LogP contribution is -2.46. The summed E-state index contributed by atoms with van der Waals surface area (Å²) in [5.74, 6) is -4.37. The molecule has 9 heteroatoms. The quantitative estimate of drug-likeness (QED) is 0.601. The average molecular weight is 260 g/mol. The molecule has 0 radical (unpaired) electrons. The van der Waals surface area contributed by atoms with Crippen LogP contribution in [0.25, 0.3) is 0 Å². The summed E-state index contributed by atoms with van der Waals surface area (Å²) < 4.78 is 53.7. The Morgan fingerprint density at radius 2 is 2.06 bits per heavy atom. The number of esters is 1. The van der Waals surface area contributed by atoms with Crippen molar-refractivity contribution in [2.45, 2.75) is 18.1 Å². The Morgan fingerprint density at radius 3 is 2.44 bits per heavy atom. The number of rotatable bonds is 6. The second-order valence-corrected chi connectivity index (χ2v) is 5.18.